The van der Waals surface area contributed by atoms with Gasteiger partial charge < -0.3 is 33.8 Å². The molecule has 0 amide bonds. The molecule has 7 atom stereocenters. The largest absolute Gasteiger partial charge is 0.472 e. The van der Waals surface area contributed by atoms with Gasteiger partial charge in [0.2, 0.25) is 0 Å². The zero-order valence-corrected chi connectivity index (χ0v) is 60.4. The van der Waals surface area contributed by atoms with E-state index in [-0.39, 0.29) is 25.7 Å². The van der Waals surface area contributed by atoms with Crippen LogP contribution in [0.4, 0.5) is 0 Å². The van der Waals surface area contributed by atoms with Crippen LogP contribution < -0.4 is 0 Å². The van der Waals surface area contributed by atoms with Crippen LogP contribution in [0.15, 0.2) is 0 Å². The molecule has 0 radical (unpaired) electrons. The van der Waals surface area contributed by atoms with Gasteiger partial charge in [0.15, 0.2) is 12.2 Å². The molecule has 0 aliphatic heterocycles. The van der Waals surface area contributed by atoms with Crippen LogP contribution in [0.2, 0.25) is 0 Å². The Morgan fingerprint density at radius 3 is 0.844 bits per heavy atom. The van der Waals surface area contributed by atoms with Crippen molar-refractivity contribution < 1.29 is 80.2 Å². The van der Waals surface area contributed by atoms with Gasteiger partial charge in [-0.3, -0.25) is 37.3 Å². The summed E-state index contributed by atoms with van der Waals surface area (Å²) >= 11 is 0. The average Bonchev–Trinajstić information content (AvgIpc) is 3.61. The van der Waals surface area contributed by atoms with E-state index in [4.69, 9.17) is 37.0 Å². The molecule has 0 aromatic carbocycles. The number of carbonyl (C=O) groups is 4. The molecule has 534 valence electrons. The van der Waals surface area contributed by atoms with Gasteiger partial charge in [-0.15, -0.1) is 0 Å². The van der Waals surface area contributed by atoms with Crippen molar-refractivity contribution in [1.29, 1.82) is 0 Å². The van der Waals surface area contributed by atoms with Crippen molar-refractivity contribution in [3.05, 3.63) is 0 Å². The van der Waals surface area contributed by atoms with Crippen LogP contribution in [0.5, 0.6) is 0 Å². The average molecular weight is 1330 g/mol. The van der Waals surface area contributed by atoms with E-state index >= 15 is 0 Å². The summed E-state index contributed by atoms with van der Waals surface area (Å²) in [5.74, 6) is 0.273. The maximum Gasteiger partial charge on any atom is 0.472 e. The lowest BCUT2D eigenvalue weighted by Crippen LogP contribution is -2.30. The van der Waals surface area contributed by atoms with Crippen molar-refractivity contribution in [2.45, 2.75) is 375 Å². The second kappa shape index (κ2) is 61.9. The monoisotopic (exact) mass is 1320 g/mol. The van der Waals surface area contributed by atoms with E-state index in [1.807, 2.05) is 0 Å². The van der Waals surface area contributed by atoms with Gasteiger partial charge in [-0.05, 0) is 43.4 Å². The number of aliphatic hydroxyl groups excluding tert-OH is 1. The number of esters is 4. The van der Waals surface area contributed by atoms with Gasteiger partial charge in [-0.25, -0.2) is 9.13 Å². The number of phosphoric ester groups is 2. The first kappa shape index (κ1) is 88.1. The highest BCUT2D eigenvalue weighted by Gasteiger charge is 2.30. The van der Waals surface area contributed by atoms with E-state index in [1.165, 1.54) is 161 Å². The number of hydrogen-bond donors (Lipinski definition) is 3. The quantitative estimate of drug-likeness (QED) is 0.0222. The molecule has 0 bridgehead atoms. The first-order valence-corrected chi connectivity index (χ1v) is 39.9. The molecule has 17 nitrogen and oxygen atoms in total. The van der Waals surface area contributed by atoms with Crippen molar-refractivity contribution in [2.24, 2.45) is 17.8 Å². The van der Waals surface area contributed by atoms with E-state index in [0.29, 0.717) is 25.7 Å². The number of rotatable bonds is 69. The number of aliphatic hydroxyl groups is 1. The summed E-state index contributed by atoms with van der Waals surface area (Å²) in [6.45, 7) is 11.8. The fraction of sp³-hybridized carbons (Fsp3) is 0.944. The molecule has 0 fully saturated rings. The third kappa shape index (κ3) is 62.2. The van der Waals surface area contributed by atoms with E-state index in [2.05, 4.69) is 48.5 Å². The lowest BCUT2D eigenvalue weighted by atomic mass is 9.99. The van der Waals surface area contributed by atoms with Gasteiger partial charge in [-0.1, -0.05) is 305 Å². The Kier molecular flexibility index (Phi) is 60.6. The van der Waals surface area contributed by atoms with Crippen LogP contribution in [0.25, 0.3) is 0 Å². The second-order valence-corrected chi connectivity index (χ2v) is 29.5. The first-order valence-electron chi connectivity index (χ1n) is 36.9. The van der Waals surface area contributed by atoms with Crippen LogP contribution in [-0.4, -0.2) is 96.7 Å². The van der Waals surface area contributed by atoms with Gasteiger partial charge in [-0.2, -0.15) is 0 Å². The van der Waals surface area contributed by atoms with E-state index in [0.717, 1.165) is 114 Å². The summed E-state index contributed by atoms with van der Waals surface area (Å²) in [7, 11) is -9.90. The van der Waals surface area contributed by atoms with E-state index < -0.39 is 97.5 Å². The molecule has 0 aromatic rings. The summed E-state index contributed by atoms with van der Waals surface area (Å²) in [4.78, 5) is 72.3. The number of unbranched alkanes of at least 4 members (excludes halogenated alkanes) is 35. The minimum absolute atomic E-state index is 0.105. The van der Waals surface area contributed by atoms with E-state index in [9.17, 15) is 43.2 Å². The molecule has 0 aliphatic rings. The number of carbonyl (C=O) groups excluding carboxylic acids is 4. The minimum atomic E-state index is -4.95. The molecule has 3 N–H and O–H groups in total. The standard InChI is InChI=1S/C71H138O17P2/c1-8-11-12-35-45-52-68(73)81-58-66(87-70(75)55-48-41-34-28-22-20-25-31-38-44-51-64(7)10-3)60-85-89(77,78)83-56-65(72)57-84-90(79,80)86-61-67(59-82-69(74)53-46-39-32-26-21-19-24-30-37-43-50-63(6)9-2)88-71(76)54-47-40-33-27-18-16-14-13-15-17-23-29-36-42-49-62(4)5/h62-67,72H,8-61H2,1-7H3,(H,77,78)(H,79,80)/t63?,64?,65-,66+,67+/m0/s1. The van der Waals surface area contributed by atoms with Gasteiger partial charge in [0.25, 0.3) is 0 Å². The maximum atomic E-state index is 13.0. The molecule has 0 heterocycles. The van der Waals surface area contributed by atoms with Crippen molar-refractivity contribution in [1.82, 2.24) is 0 Å². The zero-order chi connectivity index (χ0) is 66.6. The Bertz CT molecular complexity index is 1770. The van der Waals surface area contributed by atoms with Gasteiger partial charge in [0.05, 0.1) is 26.4 Å². The fourth-order valence-corrected chi connectivity index (χ4v) is 12.2. The third-order valence-electron chi connectivity index (χ3n) is 17.1. The summed E-state index contributed by atoms with van der Waals surface area (Å²) in [6, 6.07) is 0. The Hall–Kier alpha value is -1.94. The molecule has 90 heavy (non-hydrogen) atoms. The summed E-state index contributed by atoms with van der Waals surface area (Å²) in [6.07, 6.45) is 46.0. The Morgan fingerprint density at radius 1 is 0.322 bits per heavy atom. The molecule has 0 rings (SSSR count). The first-order chi connectivity index (χ1) is 43.3. The van der Waals surface area contributed by atoms with Crippen molar-refractivity contribution >= 4 is 39.5 Å². The lowest BCUT2D eigenvalue weighted by molar-refractivity contribution is -0.161. The maximum absolute atomic E-state index is 13.0. The molecule has 0 aliphatic carbocycles. The zero-order valence-electron chi connectivity index (χ0n) is 58.6. The molecule has 19 heteroatoms. The van der Waals surface area contributed by atoms with Gasteiger partial charge in [0.1, 0.15) is 19.3 Å². The second-order valence-electron chi connectivity index (χ2n) is 26.6. The molecule has 0 spiro atoms. The highest BCUT2D eigenvalue weighted by molar-refractivity contribution is 7.47. The number of hydrogen-bond acceptors (Lipinski definition) is 15. The molecule has 4 unspecified atom stereocenters. The lowest BCUT2D eigenvalue weighted by Gasteiger charge is -2.21. The molecule has 0 saturated carbocycles. The predicted molar refractivity (Wildman–Crippen MR) is 363 cm³/mol. The van der Waals surface area contributed by atoms with Gasteiger partial charge >= 0.3 is 39.5 Å². The van der Waals surface area contributed by atoms with Crippen molar-refractivity contribution in [3.8, 4) is 0 Å². The normalized spacial score (nSPS) is 14.8. The molecule has 0 aromatic heterocycles. The van der Waals surface area contributed by atoms with Crippen molar-refractivity contribution in [3.63, 3.8) is 0 Å². The van der Waals surface area contributed by atoms with Gasteiger partial charge in [0, 0.05) is 25.7 Å². The molecular formula is C71H138O17P2. The summed E-state index contributed by atoms with van der Waals surface area (Å²) < 4.78 is 68.1. The Labute approximate surface area is 549 Å². The van der Waals surface area contributed by atoms with Crippen molar-refractivity contribution in [2.75, 3.05) is 39.6 Å². The topological polar surface area (TPSA) is 237 Å². The van der Waals surface area contributed by atoms with Crippen LogP contribution >= 0.6 is 15.6 Å². The SMILES string of the molecule is CCCCCCCC(=O)OC[C@H](COP(=O)(O)OC[C@H](O)COP(=O)(O)OC[C@@H](COC(=O)CCCCCCCCCCCCC(C)CC)OC(=O)CCCCCCCCCCCCCCCCC(C)C)OC(=O)CCCCCCCCCCCCC(C)CC. The Morgan fingerprint density at radius 2 is 0.567 bits per heavy atom. The smallest absolute Gasteiger partial charge is 0.462 e. The number of ether oxygens (including phenoxy) is 4. The summed E-state index contributed by atoms with van der Waals surface area (Å²) in [5, 5.41) is 10.6. The molecule has 0 saturated heterocycles. The highest BCUT2D eigenvalue weighted by atomic mass is 31.2. The number of phosphoric acid groups is 2. The third-order valence-corrected chi connectivity index (χ3v) is 19.0. The van der Waals surface area contributed by atoms with Crippen LogP contribution in [0, 0.1) is 17.8 Å². The van der Waals surface area contributed by atoms with E-state index in [1.54, 1.807) is 0 Å². The van der Waals surface area contributed by atoms with Crippen LogP contribution in [-0.2, 0) is 65.4 Å². The Balaban J connectivity index is 5.17. The van der Waals surface area contributed by atoms with Crippen LogP contribution in [0.1, 0.15) is 357 Å². The summed E-state index contributed by atoms with van der Waals surface area (Å²) in [5.41, 5.74) is 0. The highest BCUT2D eigenvalue weighted by Crippen LogP contribution is 2.45. The fourth-order valence-electron chi connectivity index (χ4n) is 10.7. The van der Waals surface area contributed by atoms with Crippen LogP contribution in [0.3, 0.4) is 0 Å². The predicted octanol–water partition coefficient (Wildman–Crippen LogP) is 20.2. The molecular weight excluding hydrogens is 1190 g/mol. The minimum Gasteiger partial charge on any atom is -0.462 e.